The lowest BCUT2D eigenvalue weighted by atomic mass is 9.90. The fourth-order valence-corrected chi connectivity index (χ4v) is 2.77. The van der Waals surface area contributed by atoms with E-state index in [1.54, 1.807) is 24.7 Å². The minimum Gasteiger partial charge on any atom is -0.382 e. The number of hydrogen-bond donors (Lipinski definition) is 1. The molecule has 3 rings (SSSR count). The van der Waals surface area contributed by atoms with Crippen LogP contribution in [-0.4, -0.2) is 15.4 Å². The number of hydrogen-bond acceptors (Lipinski definition) is 3. The van der Waals surface area contributed by atoms with Crippen LogP contribution in [0.2, 0.25) is 0 Å². The first-order valence-corrected chi connectivity index (χ1v) is 6.60. The van der Waals surface area contributed by atoms with Crippen molar-refractivity contribution in [3.05, 3.63) is 52.3 Å². The standard InChI is InChI=1S/C13H12BrFN4/c1-13(9-4-8(14)2-3-10(9)15)6-19-7-17-5-11(19)12(16)18-13/h2-5,7H,6H2,1H3,(H2,16,18). The molecule has 1 aromatic carbocycles. The first-order chi connectivity index (χ1) is 8.99. The Balaban J connectivity index is 2.15. The Bertz CT molecular complexity index is 679. The first kappa shape index (κ1) is 12.3. The molecule has 2 aromatic rings. The Morgan fingerprint density at radius 1 is 1.47 bits per heavy atom. The smallest absolute Gasteiger partial charge is 0.145 e. The Morgan fingerprint density at radius 3 is 3.05 bits per heavy atom. The summed E-state index contributed by atoms with van der Waals surface area (Å²) in [5, 5.41) is 0. The van der Waals surface area contributed by atoms with Crippen LogP contribution >= 0.6 is 15.9 Å². The molecule has 4 nitrogen and oxygen atoms in total. The zero-order valence-corrected chi connectivity index (χ0v) is 11.9. The fourth-order valence-electron chi connectivity index (χ4n) is 2.41. The molecule has 6 heteroatoms. The van der Waals surface area contributed by atoms with Gasteiger partial charge in [-0.3, -0.25) is 4.99 Å². The second-order valence-corrected chi connectivity index (χ2v) is 5.72. The number of amidine groups is 1. The van der Waals surface area contributed by atoms with Gasteiger partial charge in [-0.15, -0.1) is 0 Å². The number of imidazole rings is 1. The van der Waals surface area contributed by atoms with E-state index < -0.39 is 5.54 Å². The lowest BCUT2D eigenvalue weighted by molar-refractivity contribution is 0.384. The molecule has 0 radical (unpaired) electrons. The van der Waals surface area contributed by atoms with Crippen molar-refractivity contribution in [1.82, 2.24) is 9.55 Å². The Hall–Kier alpha value is -1.69. The number of fused-ring (bicyclic) bond motifs is 1. The molecule has 0 saturated carbocycles. The number of aliphatic imine (C=N–C) groups is 1. The van der Waals surface area contributed by atoms with Gasteiger partial charge < -0.3 is 10.3 Å². The summed E-state index contributed by atoms with van der Waals surface area (Å²) < 4.78 is 16.8. The second-order valence-electron chi connectivity index (χ2n) is 4.80. The van der Waals surface area contributed by atoms with Gasteiger partial charge in [-0.05, 0) is 25.1 Å². The molecule has 1 aliphatic rings. The van der Waals surface area contributed by atoms with Gasteiger partial charge in [0.1, 0.15) is 22.9 Å². The summed E-state index contributed by atoms with van der Waals surface area (Å²) in [4.78, 5) is 8.53. The number of nitrogens with zero attached hydrogens (tertiary/aromatic N) is 3. The van der Waals surface area contributed by atoms with Crippen molar-refractivity contribution in [3.8, 4) is 0 Å². The number of benzene rings is 1. The molecule has 1 unspecified atom stereocenters. The number of nitrogens with two attached hydrogens (primary N) is 1. The predicted molar refractivity (Wildman–Crippen MR) is 74.4 cm³/mol. The molecule has 0 aliphatic carbocycles. The minimum atomic E-state index is -0.731. The minimum absolute atomic E-state index is 0.286. The maximum Gasteiger partial charge on any atom is 0.145 e. The number of halogens is 2. The molecule has 0 bridgehead atoms. The maximum atomic E-state index is 14.1. The molecule has 0 amide bonds. The van der Waals surface area contributed by atoms with Crippen molar-refractivity contribution in [1.29, 1.82) is 0 Å². The van der Waals surface area contributed by atoms with Crippen LogP contribution < -0.4 is 5.73 Å². The third kappa shape index (κ3) is 1.96. The van der Waals surface area contributed by atoms with Crippen molar-refractivity contribution in [2.75, 3.05) is 0 Å². The highest BCUT2D eigenvalue weighted by atomic mass is 79.9. The predicted octanol–water partition coefficient (Wildman–Crippen LogP) is 2.42. The van der Waals surface area contributed by atoms with Crippen LogP contribution in [0.25, 0.3) is 0 Å². The average Bonchev–Trinajstić information content (AvgIpc) is 2.80. The summed E-state index contributed by atoms with van der Waals surface area (Å²) in [6, 6.07) is 4.84. The van der Waals surface area contributed by atoms with Crippen molar-refractivity contribution in [3.63, 3.8) is 0 Å². The Kier molecular flexibility index (Phi) is 2.70. The van der Waals surface area contributed by atoms with E-state index in [9.17, 15) is 4.39 Å². The van der Waals surface area contributed by atoms with Gasteiger partial charge in [0.05, 0.1) is 19.1 Å². The molecule has 1 atom stereocenters. The third-order valence-electron chi connectivity index (χ3n) is 3.33. The summed E-state index contributed by atoms with van der Waals surface area (Å²) in [7, 11) is 0. The van der Waals surface area contributed by atoms with E-state index in [2.05, 4.69) is 25.9 Å². The Labute approximate surface area is 118 Å². The topological polar surface area (TPSA) is 56.2 Å². The summed E-state index contributed by atoms with van der Waals surface area (Å²) in [5.74, 6) is 0.0939. The van der Waals surface area contributed by atoms with Gasteiger partial charge in [0.25, 0.3) is 0 Å². The van der Waals surface area contributed by atoms with E-state index >= 15 is 0 Å². The molecular formula is C13H12BrFN4. The molecule has 2 heterocycles. The van der Waals surface area contributed by atoms with Gasteiger partial charge >= 0.3 is 0 Å². The van der Waals surface area contributed by atoms with Gasteiger partial charge in [-0.25, -0.2) is 9.37 Å². The molecule has 1 aromatic heterocycles. The van der Waals surface area contributed by atoms with Crippen LogP contribution in [0, 0.1) is 5.82 Å². The molecule has 2 N–H and O–H groups in total. The summed E-state index contributed by atoms with van der Waals surface area (Å²) >= 11 is 3.36. The molecular weight excluding hydrogens is 311 g/mol. The normalized spacial score (nSPS) is 21.9. The van der Waals surface area contributed by atoms with Gasteiger partial charge in [0.15, 0.2) is 0 Å². The SMILES string of the molecule is CC1(c2cc(Br)ccc2F)Cn2cncc2C(N)=N1. The van der Waals surface area contributed by atoms with Crippen molar-refractivity contribution < 1.29 is 4.39 Å². The van der Waals surface area contributed by atoms with Crippen LogP contribution in [0.15, 0.2) is 40.2 Å². The molecule has 19 heavy (non-hydrogen) atoms. The fraction of sp³-hybridized carbons (Fsp3) is 0.231. The lowest BCUT2D eigenvalue weighted by Crippen LogP contribution is -2.37. The van der Waals surface area contributed by atoms with E-state index in [1.165, 1.54) is 6.07 Å². The van der Waals surface area contributed by atoms with Crippen molar-refractivity contribution >= 4 is 21.8 Å². The number of rotatable bonds is 1. The average molecular weight is 323 g/mol. The van der Waals surface area contributed by atoms with Crippen LogP contribution in [0.1, 0.15) is 18.2 Å². The quantitative estimate of drug-likeness (QED) is 0.876. The molecule has 0 saturated heterocycles. The third-order valence-corrected chi connectivity index (χ3v) is 3.82. The van der Waals surface area contributed by atoms with Crippen LogP contribution in [0.5, 0.6) is 0 Å². The largest absolute Gasteiger partial charge is 0.382 e. The van der Waals surface area contributed by atoms with Crippen molar-refractivity contribution in [2.24, 2.45) is 10.7 Å². The monoisotopic (exact) mass is 322 g/mol. The Morgan fingerprint density at radius 2 is 2.26 bits per heavy atom. The highest BCUT2D eigenvalue weighted by Crippen LogP contribution is 2.34. The van der Waals surface area contributed by atoms with Gasteiger partial charge in [0, 0.05) is 10.0 Å². The first-order valence-electron chi connectivity index (χ1n) is 5.81. The van der Waals surface area contributed by atoms with Gasteiger partial charge in [-0.2, -0.15) is 0 Å². The van der Waals surface area contributed by atoms with E-state index in [0.29, 0.717) is 17.9 Å². The molecule has 0 fully saturated rings. The lowest BCUT2D eigenvalue weighted by Gasteiger charge is -2.31. The van der Waals surface area contributed by atoms with E-state index in [1.807, 2.05) is 11.5 Å². The van der Waals surface area contributed by atoms with Gasteiger partial charge in [0.2, 0.25) is 0 Å². The van der Waals surface area contributed by atoms with Crippen LogP contribution in [-0.2, 0) is 12.1 Å². The van der Waals surface area contributed by atoms with Gasteiger partial charge in [-0.1, -0.05) is 15.9 Å². The summed E-state index contributed by atoms with van der Waals surface area (Å²) in [6.07, 6.45) is 3.35. The van der Waals surface area contributed by atoms with E-state index in [-0.39, 0.29) is 5.82 Å². The highest BCUT2D eigenvalue weighted by molar-refractivity contribution is 9.10. The van der Waals surface area contributed by atoms with Crippen LogP contribution in [0.4, 0.5) is 4.39 Å². The van der Waals surface area contributed by atoms with E-state index in [4.69, 9.17) is 5.73 Å². The molecule has 98 valence electrons. The zero-order valence-electron chi connectivity index (χ0n) is 10.3. The van der Waals surface area contributed by atoms with E-state index in [0.717, 1.165) is 10.2 Å². The van der Waals surface area contributed by atoms with Crippen molar-refractivity contribution in [2.45, 2.75) is 19.0 Å². The summed E-state index contributed by atoms with van der Waals surface area (Å²) in [6.45, 7) is 2.38. The molecule has 1 aliphatic heterocycles. The number of aromatic nitrogens is 2. The zero-order chi connectivity index (χ0) is 13.6. The summed E-state index contributed by atoms with van der Waals surface area (Å²) in [5.41, 5.74) is 6.51. The maximum absolute atomic E-state index is 14.1. The second kappa shape index (κ2) is 4.16. The molecule has 0 spiro atoms. The van der Waals surface area contributed by atoms with Crippen LogP contribution in [0.3, 0.4) is 0 Å². The highest BCUT2D eigenvalue weighted by Gasteiger charge is 2.34.